The fourth-order valence-corrected chi connectivity index (χ4v) is 6.15. The molecule has 0 spiro atoms. The molecule has 2 aliphatic heterocycles. The Labute approximate surface area is 338 Å². The van der Waals surface area contributed by atoms with Gasteiger partial charge in [-0.25, -0.2) is 9.59 Å². The lowest BCUT2D eigenvalue weighted by molar-refractivity contribution is -0.138. The molecule has 2 heterocycles. The lowest BCUT2D eigenvalue weighted by atomic mass is 10.1. The number of nitrogens with zero attached hydrogens (tertiary/aromatic N) is 2. The normalized spacial score (nSPS) is 16.6. The Balaban J connectivity index is 0.000000213. The van der Waals surface area contributed by atoms with Gasteiger partial charge in [0, 0.05) is 38.0 Å². The molecule has 1 N–H and O–H groups in total. The Morgan fingerprint density at radius 3 is 1.46 bits per heavy atom. The average molecular weight is 855 g/mol. The van der Waals surface area contributed by atoms with Crippen molar-refractivity contribution in [3.8, 4) is 11.5 Å². The molecule has 0 bridgehead atoms. The lowest BCUT2D eigenvalue weighted by Crippen LogP contribution is -2.30. The van der Waals surface area contributed by atoms with Crippen LogP contribution in [-0.2, 0) is 49.3 Å². The molecule has 59 heavy (non-hydrogen) atoms. The summed E-state index contributed by atoms with van der Waals surface area (Å²) >= 11 is 0. The first kappa shape index (κ1) is 46.2. The van der Waals surface area contributed by atoms with Gasteiger partial charge in [0.2, 0.25) is 0 Å². The van der Waals surface area contributed by atoms with E-state index in [4.69, 9.17) is 23.5 Å². The third-order valence-corrected chi connectivity index (χ3v) is 9.44. The van der Waals surface area contributed by atoms with Crippen molar-refractivity contribution in [3.05, 3.63) is 131 Å². The summed E-state index contributed by atoms with van der Waals surface area (Å²) in [6, 6.07) is 27.2. The summed E-state index contributed by atoms with van der Waals surface area (Å²) < 4.78 is 116. The van der Waals surface area contributed by atoms with Crippen molar-refractivity contribution in [3.63, 3.8) is 0 Å². The van der Waals surface area contributed by atoms with Gasteiger partial charge in [0.05, 0.1) is 30.6 Å². The first-order valence-electron chi connectivity index (χ1n) is 18.3. The monoisotopic (exact) mass is 854 g/mol. The highest BCUT2D eigenvalue weighted by Crippen LogP contribution is 2.31. The summed E-state index contributed by atoms with van der Waals surface area (Å²) in [5.74, 6) is 0.367. The number of halogens is 6. The maximum atomic E-state index is 12.6. The number of phenolic OH excluding ortho intramolecular Hbond substituents is 1. The maximum Gasteiger partial charge on any atom is 0.416 e. The summed E-state index contributed by atoms with van der Waals surface area (Å²) in [7, 11) is -3.43. The largest absolute Gasteiger partial charge is 0.508 e. The van der Waals surface area contributed by atoms with Crippen molar-refractivity contribution in [1.82, 2.24) is 9.80 Å². The molecule has 4 aromatic rings. The van der Waals surface area contributed by atoms with Crippen molar-refractivity contribution >= 4 is 22.3 Å². The number of carbonyl (C=O) groups is 2. The molecule has 2 atom stereocenters. The van der Waals surface area contributed by atoms with Gasteiger partial charge in [-0.1, -0.05) is 60.7 Å². The number of phenols is 1. The summed E-state index contributed by atoms with van der Waals surface area (Å²) in [5.41, 5.74) is 0.396. The minimum atomic E-state index is -4.36. The number of carbonyl (C=O) groups excluding carboxylic acids is 2. The number of aromatic hydroxyl groups is 1. The molecule has 6 rings (SSSR count). The van der Waals surface area contributed by atoms with E-state index in [2.05, 4.69) is 0 Å². The van der Waals surface area contributed by atoms with E-state index in [1.165, 1.54) is 12.1 Å². The quantitative estimate of drug-likeness (QED) is 0.123. The smallest absolute Gasteiger partial charge is 0.416 e. The van der Waals surface area contributed by atoms with Crippen LogP contribution in [0, 0.1) is 11.8 Å². The number of likely N-dealkylation sites (tertiary alicyclic amines) is 2. The molecule has 0 unspecified atom stereocenters. The van der Waals surface area contributed by atoms with Gasteiger partial charge in [0.15, 0.2) is 0 Å². The predicted molar refractivity (Wildman–Crippen MR) is 203 cm³/mol. The van der Waals surface area contributed by atoms with Crippen molar-refractivity contribution < 1.29 is 67.8 Å². The second-order valence-electron chi connectivity index (χ2n) is 13.6. The molecule has 320 valence electrons. The molecule has 2 amide bonds. The summed E-state index contributed by atoms with van der Waals surface area (Å²) in [6.45, 7) is 3.02. The standard InChI is InChI=1S/C20H20F3NO3.C14H19NO5S.C7H5F3O/c21-20(22,23)17-6-8-18(9-7-17)26-14-16-10-11-24(12-16)19(25)27-13-15-4-2-1-3-5-15;1-21(17,18)20-11-13-7-8-15(9-13)14(16)19-10-12-5-3-2-4-6-12;8-7(9,10)5-1-3-6(11)4-2-5/h1-9,16H,10-14H2;2-6,13H,7-11H2,1H3;1-4,11H/t16-;13-;/m11./s1. The highest BCUT2D eigenvalue weighted by atomic mass is 32.2. The molecular formula is C41H44F6N2O9S. The number of amides is 2. The number of hydrogen-bond acceptors (Lipinski definition) is 9. The van der Waals surface area contributed by atoms with Gasteiger partial charge < -0.3 is 29.1 Å². The van der Waals surface area contributed by atoms with E-state index < -0.39 is 33.6 Å². The number of benzene rings is 4. The third-order valence-electron chi connectivity index (χ3n) is 8.88. The Bertz CT molecular complexity index is 2000. The summed E-state index contributed by atoms with van der Waals surface area (Å²) in [4.78, 5) is 27.2. The summed E-state index contributed by atoms with van der Waals surface area (Å²) in [6.07, 6.45) is -6.92. The molecule has 0 saturated carbocycles. The van der Waals surface area contributed by atoms with E-state index >= 15 is 0 Å². The van der Waals surface area contributed by atoms with Crippen LogP contribution >= 0.6 is 0 Å². The second kappa shape index (κ2) is 21.5. The molecule has 2 fully saturated rings. The Morgan fingerprint density at radius 1 is 0.644 bits per heavy atom. The minimum Gasteiger partial charge on any atom is -0.508 e. The maximum absolute atomic E-state index is 12.6. The first-order valence-corrected chi connectivity index (χ1v) is 20.1. The van der Waals surface area contributed by atoms with E-state index in [1.54, 1.807) is 9.80 Å². The third kappa shape index (κ3) is 16.7. The van der Waals surface area contributed by atoms with E-state index in [0.29, 0.717) is 38.5 Å². The van der Waals surface area contributed by atoms with Gasteiger partial charge in [0.25, 0.3) is 10.1 Å². The van der Waals surface area contributed by atoms with E-state index in [-0.39, 0.29) is 49.6 Å². The molecule has 2 aliphatic rings. The van der Waals surface area contributed by atoms with Crippen LogP contribution < -0.4 is 4.74 Å². The number of ether oxygens (including phenoxy) is 3. The van der Waals surface area contributed by atoms with Gasteiger partial charge in [-0.3, -0.25) is 4.18 Å². The van der Waals surface area contributed by atoms with Gasteiger partial charge >= 0.3 is 24.5 Å². The fourth-order valence-electron chi connectivity index (χ4n) is 5.71. The van der Waals surface area contributed by atoms with Crippen LogP contribution in [0.2, 0.25) is 0 Å². The van der Waals surface area contributed by atoms with Crippen LogP contribution in [0.5, 0.6) is 11.5 Å². The zero-order valence-electron chi connectivity index (χ0n) is 31.9. The van der Waals surface area contributed by atoms with Crippen LogP contribution in [0.3, 0.4) is 0 Å². The van der Waals surface area contributed by atoms with E-state index in [1.807, 2.05) is 60.7 Å². The van der Waals surface area contributed by atoms with Crippen molar-refractivity contribution in [2.75, 3.05) is 45.6 Å². The second-order valence-corrected chi connectivity index (χ2v) is 15.3. The SMILES string of the molecule is CS(=O)(=O)OC[C@@H]1CCN(C(=O)OCc2ccccc2)C1.O=C(OCc1ccccc1)N1CC[C@@H](COc2ccc(C(F)(F)F)cc2)C1.Oc1ccc(C(F)(F)F)cc1. The number of alkyl halides is 6. The van der Waals surface area contributed by atoms with Gasteiger partial charge in [-0.15, -0.1) is 0 Å². The zero-order valence-corrected chi connectivity index (χ0v) is 32.7. The minimum absolute atomic E-state index is 0.0315. The molecule has 0 radical (unpaired) electrons. The molecule has 0 aromatic heterocycles. The highest BCUT2D eigenvalue weighted by molar-refractivity contribution is 7.85. The average Bonchev–Trinajstić information content (AvgIpc) is 3.89. The van der Waals surface area contributed by atoms with Crippen molar-refractivity contribution in [2.45, 2.75) is 38.4 Å². The topological polar surface area (TPSA) is 132 Å². The molecule has 0 aliphatic carbocycles. The lowest BCUT2D eigenvalue weighted by Gasteiger charge is -2.17. The van der Waals surface area contributed by atoms with Crippen LogP contribution in [0.1, 0.15) is 35.1 Å². The van der Waals surface area contributed by atoms with Crippen LogP contribution in [0.25, 0.3) is 0 Å². The zero-order chi connectivity index (χ0) is 43.1. The van der Waals surface area contributed by atoms with Crippen molar-refractivity contribution in [2.24, 2.45) is 11.8 Å². The van der Waals surface area contributed by atoms with Crippen molar-refractivity contribution in [1.29, 1.82) is 0 Å². The van der Waals surface area contributed by atoms with Crippen LogP contribution in [0.4, 0.5) is 35.9 Å². The predicted octanol–water partition coefficient (Wildman–Crippen LogP) is 8.78. The Morgan fingerprint density at radius 2 is 1.05 bits per heavy atom. The molecule has 2 saturated heterocycles. The molecule has 11 nitrogen and oxygen atoms in total. The van der Waals surface area contributed by atoms with Gasteiger partial charge in [-0.2, -0.15) is 34.8 Å². The van der Waals surface area contributed by atoms with Crippen LogP contribution in [-0.4, -0.2) is 81.2 Å². The van der Waals surface area contributed by atoms with E-state index in [9.17, 15) is 44.3 Å². The number of rotatable bonds is 10. The first-order chi connectivity index (χ1) is 27.9. The Kier molecular flexibility index (Phi) is 16.8. The van der Waals surface area contributed by atoms with Gasteiger partial charge in [-0.05, 0) is 72.5 Å². The molecule has 18 heteroatoms. The fraction of sp³-hybridized carbons (Fsp3) is 0.366. The van der Waals surface area contributed by atoms with E-state index in [0.717, 1.165) is 66.6 Å². The molecule has 4 aromatic carbocycles. The summed E-state index contributed by atoms with van der Waals surface area (Å²) in [5, 5.41) is 8.66. The number of hydrogen-bond donors (Lipinski definition) is 1. The van der Waals surface area contributed by atoms with Gasteiger partial charge in [0.1, 0.15) is 24.7 Å². The highest BCUT2D eigenvalue weighted by Gasteiger charge is 2.32. The Hall–Kier alpha value is -5.49. The van der Waals surface area contributed by atoms with Crippen LogP contribution in [0.15, 0.2) is 109 Å². The molecular weight excluding hydrogens is 811 g/mol.